The molecule has 0 atom stereocenters. The van der Waals surface area contributed by atoms with Gasteiger partial charge in [0.1, 0.15) is 5.75 Å². The molecule has 4 heteroatoms. The molecular weight excluding hydrogens is 240 g/mol. The molecule has 0 aliphatic heterocycles. The summed E-state index contributed by atoms with van der Waals surface area (Å²) in [7, 11) is 0. The van der Waals surface area contributed by atoms with E-state index < -0.39 is 0 Å². The zero-order chi connectivity index (χ0) is 14.0. The van der Waals surface area contributed by atoms with Gasteiger partial charge in [0.2, 0.25) is 0 Å². The summed E-state index contributed by atoms with van der Waals surface area (Å²) in [5.74, 6) is 0.712. The SMILES string of the molecule is Cc1cc(N)c2c(OCC(C)(C)CO)cccc2n1. The highest BCUT2D eigenvalue weighted by atomic mass is 16.5. The van der Waals surface area contributed by atoms with Crippen LogP contribution < -0.4 is 10.5 Å². The van der Waals surface area contributed by atoms with Crippen molar-refractivity contribution in [2.24, 2.45) is 5.41 Å². The highest BCUT2D eigenvalue weighted by Gasteiger charge is 2.18. The Morgan fingerprint density at radius 1 is 1.37 bits per heavy atom. The third-order valence-electron chi connectivity index (χ3n) is 3.00. The Kier molecular flexibility index (Phi) is 3.62. The van der Waals surface area contributed by atoms with Crippen LogP contribution in [0.3, 0.4) is 0 Å². The number of aliphatic hydroxyl groups is 1. The van der Waals surface area contributed by atoms with Gasteiger partial charge >= 0.3 is 0 Å². The van der Waals surface area contributed by atoms with E-state index in [1.54, 1.807) is 0 Å². The molecule has 0 amide bonds. The van der Waals surface area contributed by atoms with Gasteiger partial charge in [-0.25, -0.2) is 0 Å². The van der Waals surface area contributed by atoms with Crippen LogP contribution in [-0.2, 0) is 0 Å². The molecule has 0 unspecified atom stereocenters. The predicted molar refractivity (Wildman–Crippen MR) is 77.3 cm³/mol. The first kappa shape index (κ1) is 13.6. The lowest BCUT2D eigenvalue weighted by Gasteiger charge is -2.22. The number of ether oxygens (including phenoxy) is 1. The summed E-state index contributed by atoms with van der Waals surface area (Å²) >= 11 is 0. The molecule has 0 saturated heterocycles. The fraction of sp³-hybridized carbons (Fsp3) is 0.400. The molecule has 2 aromatic rings. The summed E-state index contributed by atoms with van der Waals surface area (Å²) in [5.41, 5.74) is 8.16. The van der Waals surface area contributed by atoms with Gasteiger partial charge in [-0.3, -0.25) is 4.98 Å². The summed E-state index contributed by atoms with van der Waals surface area (Å²) in [5, 5.41) is 10.1. The first-order chi connectivity index (χ1) is 8.93. The Morgan fingerprint density at radius 2 is 2.11 bits per heavy atom. The Bertz CT molecular complexity index is 594. The first-order valence-corrected chi connectivity index (χ1v) is 6.32. The van der Waals surface area contributed by atoms with E-state index in [-0.39, 0.29) is 12.0 Å². The van der Waals surface area contributed by atoms with E-state index in [4.69, 9.17) is 10.5 Å². The lowest BCUT2D eigenvalue weighted by atomic mass is 9.96. The highest BCUT2D eigenvalue weighted by Crippen LogP contribution is 2.31. The number of hydrogen-bond donors (Lipinski definition) is 2. The normalized spacial score (nSPS) is 11.8. The molecule has 3 N–H and O–H groups in total. The molecule has 0 radical (unpaired) electrons. The third-order valence-corrected chi connectivity index (χ3v) is 3.00. The smallest absolute Gasteiger partial charge is 0.130 e. The van der Waals surface area contributed by atoms with E-state index in [0.717, 1.165) is 16.6 Å². The lowest BCUT2D eigenvalue weighted by Crippen LogP contribution is -2.25. The summed E-state index contributed by atoms with van der Waals surface area (Å²) in [6.07, 6.45) is 0. The minimum absolute atomic E-state index is 0.0740. The Morgan fingerprint density at radius 3 is 2.79 bits per heavy atom. The Hall–Kier alpha value is -1.81. The van der Waals surface area contributed by atoms with Gasteiger partial charge in [0.05, 0.1) is 24.1 Å². The second-order valence-corrected chi connectivity index (χ2v) is 5.61. The van der Waals surface area contributed by atoms with Gasteiger partial charge < -0.3 is 15.6 Å². The number of nitrogens with zero attached hydrogens (tertiary/aromatic N) is 1. The monoisotopic (exact) mass is 260 g/mol. The summed E-state index contributed by atoms with van der Waals surface area (Å²) in [6, 6.07) is 7.54. The molecule has 1 aromatic carbocycles. The minimum Gasteiger partial charge on any atom is -0.492 e. The van der Waals surface area contributed by atoms with Gasteiger partial charge in [-0.15, -0.1) is 0 Å². The van der Waals surface area contributed by atoms with E-state index in [0.29, 0.717) is 18.0 Å². The van der Waals surface area contributed by atoms with Crippen molar-refractivity contribution >= 4 is 16.6 Å². The molecule has 2 rings (SSSR count). The number of pyridine rings is 1. The van der Waals surface area contributed by atoms with E-state index in [2.05, 4.69) is 4.98 Å². The molecule has 0 aliphatic carbocycles. The van der Waals surface area contributed by atoms with Gasteiger partial charge in [-0.05, 0) is 25.1 Å². The summed E-state index contributed by atoms with van der Waals surface area (Å²) in [4.78, 5) is 4.45. The van der Waals surface area contributed by atoms with E-state index in [1.807, 2.05) is 45.0 Å². The molecule has 1 heterocycles. The van der Waals surface area contributed by atoms with Crippen molar-refractivity contribution < 1.29 is 9.84 Å². The molecule has 4 nitrogen and oxygen atoms in total. The van der Waals surface area contributed by atoms with Gasteiger partial charge in [-0.2, -0.15) is 0 Å². The van der Waals surface area contributed by atoms with Crippen LogP contribution in [-0.4, -0.2) is 23.3 Å². The van der Waals surface area contributed by atoms with Crippen molar-refractivity contribution in [2.45, 2.75) is 20.8 Å². The van der Waals surface area contributed by atoms with Crippen LogP contribution in [0, 0.1) is 12.3 Å². The maximum absolute atomic E-state index is 9.26. The van der Waals surface area contributed by atoms with E-state index >= 15 is 0 Å². The van der Waals surface area contributed by atoms with Crippen molar-refractivity contribution in [2.75, 3.05) is 18.9 Å². The fourth-order valence-electron chi connectivity index (χ4n) is 1.86. The molecule has 0 spiro atoms. The van der Waals surface area contributed by atoms with E-state index in [9.17, 15) is 5.11 Å². The molecule has 0 aliphatic rings. The molecule has 19 heavy (non-hydrogen) atoms. The van der Waals surface area contributed by atoms with Crippen LogP contribution in [0.1, 0.15) is 19.5 Å². The van der Waals surface area contributed by atoms with Crippen molar-refractivity contribution in [3.8, 4) is 5.75 Å². The third kappa shape index (κ3) is 2.96. The number of aliphatic hydroxyl groups excluding tert-OH is 1. The van der Waals surface area contributed by atoms with Crippen molar-refractivity contribution in [1.29, 1.82) is 0 Å². The number of benzene rings is 1. The Labute approximate surface area is 113 Å². The maximum atomic E-state index is 9.26. The second kappa shape index (κ2) is 5.05. The second-order valence-electron chi connectivity index (χ2n) is 5.61. The zero-order valence-electron chi connectivity index (χ0n) is 11.6. The van der Waals surface area contributed by atoms with Crippen LogP contribution in [0.4, 0.5) is 5.69 Å². The quantitative estimate of drug-likeness (QED) is 0.886. The molecule has 102 valence electrons. The minimum atomic E-state index is -0.283. The number of nitrogens with two attached hydrogens (primary N) is 1. The number of aryl methyl sites for hydroxylation is 1. The first-order valence-electron chi connectivity index (χ1n) is 6.32. The standard InChI is InChI=1S/C15H20N2O2/c1-10-7-11(16)14-12(17-10)5-4-6-13(14)19-9-15(2,3)8-18/h4-7,18H,8-9H2,1-3H3,(H2,16,17). The number of anilines is 1. The van der Waals surface area contributed by atoms with Crippen LogP contribution >= 0.6 is 0 Å². The topological polar surface area (TPSA) is 68.4 Å². The largest absolute Gasteiger partial charge is 0.492 e. The maximum Gasteiger partial charge on any atom is 0.130 e. The highest BCUT2D eigenvalue weighted by molar-refractivity contribution is 5.95. The van der Waals surface area contributed by atoms with Gasteiger partial charge in [0.25, 0.3) is 0 Å². The lowest BCUT2D eigenvalue weighted by molar-refractivity contribution is 0.0983. The zero-order valence-corrected chi connectivity index (χ0v) is 11.6. The van der Waals surface area contributed by atoms with Crippen LogP contribution in [0.5, 0.6) is 5.75 Å². The number of rotatable bonds is 4. The number of fused-ring (bicyclic) bond motifs is 1. The molecule has 0 saturated carbocycles. The number of hydrogen-bond acceptors (Lipinski definition) is 4. The molecule has 0 bridgehead atoms. The average molecular weight is 260 g/mol. The van der Waals surface area contributed by atoms with Gasteiger partial charge in [-0.1, -0.05) is 19.9 Å². The van der Waals surface area contributed by atoms with Crippen LogP contribution in [0.2, 0.25) is 0 Å². The fourth-order valence-corrected chi connectivity index (χ4v) is 1.86. The van der Waals surface area contributed by atoms with Gasteiger partial charge in [0, 0.05) is 16.8 Å². The Balaban J connectivity index is 2.39. The van der Waals surface area contributed by atoms with Crippen LogP contribution in [0.25, 0.3) is 10.9 Å². The van der Waals surface area contributed by atoms with Crippen molar-refractivity contribution in [3.05, 3.63) is 30.0 Å². The number of nitrogen functional groups attached to an aromatic ring is 1. The summed E-state index contributed by atoms with van der Waals surface area (Å²) < 4.78 is 5.82. The van der Waals surface area contributed by atoms with Crippen LogP contribution in [0.15, 0.2) is 24.3 Å². The molecular formula is C15H20N2O2. The average Bonchev–Trinajstić information content (AvgIpc) is 2.35. The molecule has 1 aromatic heterocycles. The summed E-state index contributed by atoms with van der Waals surface area (Å²) in [6.45, 7) is 6.31. The number of aromatic nitrogens is 1. The predicted octanol–water partition coefficient (Wildman–Crippen LogP) is 2.52. The van der Waals surface area contributed by atoms with Crippen molar-refractivity contribution in [1.82, 2.24) is 4.98 Å². The van der Waals surface area contributed by atoms with E-state index in [1.165, 1.54) is 0 Å². The van der Waals surface area contributed by atoms with Gasteiger partial charge in [0.15, 0.2) is 0 Å². The molecule has 0 fully saturated rings. The van der Waals surface area contributed by atoms with Crippen molar-refractivity contribution in [3.63, 3.8) is 0 Å².